The van der Waals surface area contributed by atoms with Crippen LogP contribution in [-0.2, 0) is 0 Å². The summed E-state index contributed by atoms with van der Waals surface area (Å²) in [4.78, 5) is 0. The average molecular weight is 104 g/mol. The number of aliphatic hydroxyl groups excluding tert-OH is 1. The minimum Gasteiger partial charge on any atom is -0.390 e. The molecule has 2 nitrogen and oxygen atoms in total. The third-order valence-corrected chi connectivity index (χ3v) is 1.18. The van der Waals surface area contributed by atoms with E-state index in [9.17, 15) is 0 Å². The first-order valence-electron chi connectivity index (χ1n) is 2.62. The lowest BCUT2D eigenvalue weighted by molar-refractivity contribution is -0.436. The van der Waals surface area contributed by atoms with Gasteiger partial charge in [0.1, 0.15) is 6.04 Å². The lowest BCUT2D eigenvalue weighted by atomic mass is 10.1. The molecule has 1 atom stereocenters. The Balaban J connectivity index is 3.14. The molecular weight excluding hydrogens is 90.1 g/mol. The van der Waals surface area contributed by atoms with Gasteiger partial charge in [0.05, 0.1) is 6.61 Å². The van der Waals surface area contributed by atoms with Crippen LogP contribution in [0.25, 0.3) is 0 Å². The highest BCUT2D eigenvalue weighted by molar-refractivity contribution is 4.53. The molecule has 0 aliphatic rings. The number of aliphatic hydroxyl groups is 1. The zero-order chi connectivity index (χ0) is 5.86. The molecule has 0 aromatic rings. The Morgan fingerprint density at radius 1 is 1.57 bits per heavy atom. The van der Waals surface area contributed by atoms with Crippen LogP contribution in [0.5, 0.6) is 0 Å². The summed E-state index contributed by atoms with van der Waals surface area (Å²) in [6.45, 7) is 4.30. The first-order chi connectivity index (χ1) is 3.18. The molecule has 0 unspecified atom stereocenters. The quantitative estimate of drug-likeness (QED) is 0.475. The van der Waals surface area contributed by atoms with Gasteiger partial charge in [-0.2, -0.15) is 0 Å². The van der Waals surface area contributed by atoms with Gasteiger partial charge in [0.2, 0.25) is 0 Å². The summed E-state index contributed by atoms with van der Waals surface area (Å²) in [5.41, 5.74) is 3.71. The minimum absolute atomic E-state index is 0.206. The molecule has 0 rings (SSSR count). The van der Waals surface area contributed by atoms with E-state index < -0.39 is 0 Å². The van der Waals surface area contributed by atoms with Gasteiger partial charge in [-0.05, 0) is 0 Å². The molecule has 0 spiro atoms. The van der Waals surface area contributed by atoms with Crippen LogP contribution >= 0.6 is 0 Å². The van der Waals surface area contributed by atoms with Gasteiger partial charge in [-0.15, -0.1) is 0 Å². The first kappa shape index (κ1) is 6.92. The molecule has 0 aromatic carbocycles. The van der Waals surface area contributed by atoms with Crippen LogP contribution in [0, 0.1) is 5.92 Å². The van der Waals surface area contributed by atoms with Crippen molar-refractivity contribution in [1.82, 2.24) is 0 Å². The van der Waals surface area contributed by atoms with Crippen LogP contribution in [0.3, 0.4) is 0 Å². The minimum atomic E-state index is 0.206. The summed E-state index contributed by atoms with van der Waals surface area (Å²) in [6, 6.07) is 0.208. The van der Waals surface area contributed by atoms with E-state index in [2.05, 4.69) is 5.73 Å². The van der Waals surface area contributed by atoms with Gasteiger partial charge in [-0.3, -0.25) is 0 Å². The normalized spacial score (nSPS) is 15.0. The van der Waals surface area contributed by atoms with Crippen LogP contribution in [0.4, 0.5) is 0 Å². The lowest BCUT2D eigenvalue weighted by Crippen LogP contribution is -2.65. The molecule has 0 aromatic heterocycles. The summed E-state index contributed by atoms with van der Waals surface area (Å²) >= 11 is 0. The maximum absolute atomic E-state index is 8.44. The molecule has 4 N–H and O–H groups in total. The number of hydrogen-bond acceptors (Lipinski definition) is 1. The van der Waals surface area contributed by atoms with Crippen molar-refractivity contribution < 1.29 is 10.8 Å². The van der Waals surface area contributed by atoms with Crippen molar-refractivity contribution in [3.05, 3.63) is 0 Å². The Hall–Kier alpha value is -0.0800. The fourth-order valence-corrected chi connectivity index (χ4v) is 0.211. The van der Waals surface area contributed by atoms with E-state index in [1.165, 1.54) is 0 Å². The fourth-order valence-electron chi connectivity index (χ4n) is 0.211. The number of hydrogen-bond donors (Lipinski definition) is 2. The molecule has 0 bridgehead atoms. The van der Waals surface area contributed by atoms with Gasteiger partial charge in [0.25, 0.3) is 0 Å². The number of quaternary nitrogens is 1. The van der Waals surface area contributed by atoms with E-state index in [1.807, 2.05) is 13.8 Å². The molecule has 0 fully saturated rings. The highest BCUT2D eigenvalue weighted by atomic mass is 16.3. The van der Waals surface area contributed by atoms with Gasteiger partial charge < -0.3 is 10.8 Å². The Bertz CT molecular complexity index is 45.3. The van der Waals surface area contributed by atoms with Crippen LogP contribution in [0.15, 0.2) is 0 Å². The molecule has 0 saturated carbocycles. The second-order valence-electron chi connectivity index (χ2n) is 2.19. The predicted molar refractivity (Wildman–Crippen MR) is 28.6 cm³/mol. The summed E-state index contributed by atoms with van der Waals surface area (Å²) in [7, 11) is 0. The molecule has 7 heavy (non-hydrogen) atoms. The Morgan fingerprint density at radius 3 is 2.00 bits per heavy atom. The fraction of sp³-hybridized carbons (Fsp3) is 1.00. The predicted octanol–water partition coefficient (Wildman–Crippen LogP) is -0.755. The first-order valence-corrected chi connectivity index (χ1v) is 2.62. The second kappa shape index (κ2) is 2.99. The third-order valence-electron chi connectivity index (χ3n) is 1.18. The monoisotopic (exact) mass is 104 g/mol. The summed E-state index contributed by atoms with van der Waals surface area (Å²) in [5.74, 6) is 0.505. The average Bonchev–Trinajstić information content (AvgIpc) is 1.65. The van der Waals surface area contributed by atoms with Gasteiger partial charge in [-0.25, -0.2) is 0 Å². The summed E-state index contributed by atoms with van der Waals surface area (Å²) in [6.07, 6.45) is 0. The van der Waals surface area contributed by atoms with Crippen molar-refractivity contribution in [2.75, 3.05) is 6.61 Å². The molecule has 0 radical (unpaired) electrons. The van der Waals surface area contributed by atoms with E-state index in [-0.39, 0.29) is 12.6 Å². The molecular formula is C5H14NO+. The lowest BCUT2D eigenvalue weighted by Gasteiger charge is -2.06. The van der Waals surface area contributed by atoms with Crippen LogP contribution in [-0.4, -0.2) is 17.8 Å². The number of rotatable bonds is 2. The van der Waals surface area contributed by atoms with Crippen molar-refractivity contribution in [2.24, 2.45) is 5.92 Å². The van der Waals surface area contributed by atoms with E-state index >= 15 is 0 Å². The van der Waals surface area contributed by atoms with Crippen LogP contribution in [0.2, 0.25) is 0 Å². The standard InChI is InChI=1S/C5H13NO/c1-4(2)5(6)3-7/h4-5,7H,3,6H2,1-2H3/p+1/t5-/m1/s1. The zero-order valence-electron chi connectivity index (χ0n) is 5.02. The van der Waals surface area contributed by atoms with Gasteiger partial charge in [0, 0.05) is 5.92 Å². The Morgan fingerprint density at radius 2 is 2.00 bits per heavy atom. The van der Waals surface area contributed by atoms with Crippen molar-refractivity contribution in [2.45, 2.75) is 19.9 Å². The maximum atomic E-state index is 8.44. The second-order valence-corrected chi connectivity index (χ2v) is 2.19. The highest BCUT2D eigenvalue weighted by Gasteiger charge is 2.07. The maximum Gasteiger partial charge on any atom is 0.110 e. The van der Waals surface area contributed by atoms with Crippen molar-refractivity contribution in [3.63, 3.8) is 0 Å². The third kappa shape index (κ3) is 2.60. The van der Waals surface area contributed by atoms with E-state index in [0.29, 0.717) is 5.92 Å². The molecule has 0 aliphatic carbocycles. The van der Waals surface area contributed by atoms with E-state index in [1.54, 1.807) is 0 Å². The van der Waals surface area contributed by atoms with Crippen LogP contribution < -0.4 is 5.73 Å². The Labute approximate surface area is 44.3 Å². The molecule has 0 aliphatic heterocycles. The van der Waals surface area contributed by atoms with Crippen molar-refractivity contribution in [3.8, 4) is 0 Å². The summed E-state index contributed by atoms with van der Waals surface area (Å²) < 4.78 is 0. The summed E-state index contributed by atoms with van der Waals surface area (Å²) in [5, 5.41) is 8.44. The van der Waals surface area contributed by atoms with E-state index in [0.717, 1.165) is 0 Å². The molecule has 2 heteroatoms. The SMILES string of the molecule is CC(C)[C@H]([NH3+])CO. The largest absolute Gasteiger partial charge is 0.390 e. The van der Waals surface area contributed by atoms with Gasteiger partial charge in [-0.1, -0.05) is 13.8 Å². The van der Waals surface area contributed by atoms with E-state index in [4.69, 9.17) is 5.11 Å². The molecule has 44 valence electrons. The smallest absolute Gasteiger partial charge is 0.110 e. The molecule has 0 saturated heterocycles. The highest BCUT2D eigenvalue weighted by Crippen LogP contribution is 1.92. The van der Waals surface area contributed by atoms with Crippen molar-refractivity contribution >= 4 is 0 Å². The molecule has 0 amide bonds. The van der Waals surface area contributed by atoms with Crippen molar-refractivity contribution in [1.29, 1.82) is 0 Å². The van der Waals surface area contributed by atoms with Gasteiger partial charge in [0.15, 0.2) is 0 Å². The van der Waals surface area contributed by atoms with Gasteiger partial charge >= 0.3 is 0 Å². The van der Waals surface area contributed by atoms with Crippen LogP contribution in [0.1, 0.15) is 13.8 Å². The zero-order valence-corrected chi connectivity index (χ0v) is 5.02. The molecule has 0 heterocycles. The Kier molecular flexibility index (Phi) is 2.96. The topological polar surface area (TPSA) is 47.9 Å².